The number of rotatable bonds is 2. The van der Waals surface area contributed by atoms with Gasteiger partial charge in [0.1, 0.15) is 0 Å². The largest absolute Gasteiger partial charge is 0.0892 e. The number of fused-ring (bicyclic) bond motifs is 2. The van der Waals surface area contributed by atoms with Crippen LogP contribution in [0.25, 0.3) is 0 Å². The van der Waals surface area contributed by atoms with Crippen molar-refractivity contribution in [3.05, 3.63) is 34.4 Å². The first kappa shape index (κ1) is 16.4. The summed E-state index contributed by atoms with van der Waals surface area (Å²) in [4.78, 5) is 0. The Bertz CT molecular complexity index is 550. The Morgan fingerprint density at radius 2 is 1.95 bits per heavy atom. The van der Waals surface area contributed by atoms with E-state index in [9.17, 15) is 0 Å². The van der Waals surface area contributed by atoms with Gasteiger partial charge in [0.25, 0.3) is 0 Å². The maximum Gasteiger partial charge on any atom is 0.0171 e. The second kappa shape index (κ2) is 5.55. The Kier molecular flexibility index (Phi) is 4.13. The molecule has 0 heterocycles. The van der Waals surface area contributed by atoms with Gasteiger partial charge in [0.05, 0.1) is 0 Å². The molecule has 3 aliphatic carbocycles. The topological polar surface area (TPSA) is 0 Å². The van der Waals surface area contributed by atoms with Gasteiger partial charge < -0.3 is 0 Å². The van der Waals surface area contributed by atoms with E-state index in [1.165, 1.54) is 44.9 Å². The van der Waals surface area contributed by atoms with Crippen molar-refractivity contribution >= 4 is 11.6 Å². The molecule has 3 aliphatic rings. The molecule has 0 aromatic rings. The van der Waals surface area contributed by atoms with Crippen LogP contribution in [-0.2, 0) is 0 Å². The summed E-state index contributed by atoms with van der Waals surface area (Å²) in [5, 5.41) is 0.890. The minimum atomic E-state index is 0.120. The molecule has 3 rings (SSSR count). The summed E-state index contributed by atoms with van der Waals surface area (Å²) >= 11 is 6.50. The average Bonchev–Trinajstić information content (AvgIpc) is 2.46. The molecule has 0 aromatic carbocycles. The second-order valence-electron chi connectivity index (χ2n) is 8.56. The molecule has 0 aromatic heterocycles. The van der Waals surface area contributed by atoms with Crippen molar-refractivity contribution in [1.82, 2.24) is 0 Å². The highest BCUT2D eigenvalue weighted by Gasteiger charge is 2.53. The van der Waals surface area contributed by atoms with Gasteiger partial charge in [0.15, 0.2) is 0 Å². The molecule has 122 valence electrons. The highest BCUT2D eigenvalue weighted by Crippen LogP contribution is 2.63. The Balaban J connectivity index is 2.03. The van der Waals surface area contributed by atoms with E-state index in [1.807, 2.05) is 0 Å². The Labute approximate surface area is 141 Å². The monoisotopic (exact) mass is 318 g/mol. The molecule has 1 fully saturated rings. The van der Waals surface area contributed by atoms with Gasteiger partial charge >= 0.3 is 0 Å². The maximum absolute atomic E-state index is 6.50. The van der Waals surface area contributed by atoms with E-state index in [0.29, 0.717) is 17.3 Å². The first-order chi connectivity index (χ1) is 10.3. The van der Waals surface area contributed by atoms with E-state index in [1.54, 1.807) is 16.7 Å². The van der Waals surface area contributed by atoms with Crippen molar-refractivity contribution < 1.29 is 0 Å². The smallest absolute Gasteiger partial charge is 0.0171 e. The van der Waals surface area contributed by atoms with Crippen molar-refractivity contribution in [2.75, 3.05) is 0 Å². The Morgan fingerprint density at radius 1 is 1.23 bits per heavy atom. The molecule has 0 nitrogen and oxygen atoms in total. The highest BCUT2D eigenvalue weighted by atomic mass is 35.5. The van der Waals surface area contributed by atoms with Crippen LogP contribution in [0.5, 0.6) is 0 Å². The summed E-state index contributed by atoms with van der Waals surface area (Å²) in [7, 11) is 0. The van der Waals surface area contributed by atoms with Crippen LogP contribution in [-0.4, -0.2) is 0 Å². The van der Waals surface area contributed by atoms with Crippen molar-refractivity contribution in [3.63, 3.8) is 0 Å². The van der Waals surface area contributed by atoms with Crippen molar-refractivity contribution in [1.29, 1.82) is 0 Å². The van der Waals surface area contributed by atoms with Crippen LogP contribution in [0.3, 0.4) is 0 Å². The predicted octanol–water partition coefficient (Wildman–Crippen LogP) is 7.02. The minimum Gasteiger partial charge on any atom is -0.0892 e. The van der Waals surface area contributed by atoms with Gasteiger partial charge in [0, 0.05) is 10.4 Å². The van der Waals surface area contributed by atoms with Crippen molar-refractivity contribution in [3.8, 4) is 0 Å². The first-order valence-electron chi connectivity index (χ1n) is 9.07. The lowest BCUT2D eigenvalue weighted by atomic mass is 9.48. The number of halogens is 1. The lowest BCUT2D eigenvalue weighted by Crippen LogP contribution is -2.47. The summed E-state index contributed by atoms with van der Waals surface area (Å²) < 4.78 is 0. The summed E-state index contributed by atoms with van der Waals surface area (Å²) in [6.45, 7) is 13.7. The summed E-state index contributed by atoms with van der Waals surface area (Å²) in [6, 6.07) is 0. The average molecular weight is 319 g/mol. The third-order valence-electron chi connectivity index (χ3n) is 7.09. The normalized spacial score (nSPS) is 38.5. The molecular weight excluding hydrogens is 288 g/mol. The Hall–Kier alpha value is -0.490. The number of allylic oxidation sites excluding steroid dienone is 5. The summed E-state index contributed by atoms with van der Waals surface area (Å²) in [5.41, 5.74) is 5.54. The minimum absolute atomic E-state index is 0.120. The fourth-order valence-corrected chi connectivity index (χ4v) is 5.87. The van der Waals surface area contributed by atoms with Crippen LogP contribution < -0.4 is 0 Å². The second-order valence-corrected chi connectivity index (χ2v) is 9.02. The SMILES string of the molecule is C=C(Cl)[C@]1(C)CCC[C@]2(C)C3=C(C=C(C(C)C)CC3)CCC12. The number of hydrogen-bond donors (Lipinski definition) is 0. The molecule has 0 aliphatic heterocycles. The van der Waals surface area contributed by atoms with Crippen LogP contribution >= 0.6 is 11.6 Å². The molecule has 3 atom stereocenters. The first-order valence-corrected chi connectivity index (χ1v) is 9.44. The zero-order valence-electron chi connectivity index (χ0n) is 14.8. The fourth-order valence-electron chi connectivity index (χ4n) is 5.64. The van der Waals surface area contributed by atoms with E-state index in [4.69, 9.17) is 11.6 Å². The predicted molar refractivity (Wildman–Crippen MR) is 97.0 cm³/mol. The molecule has 22 heavy (non-hydrogen) atoms. The van der Waals surface area contributed by atoms with Gasteiger partial charge in [-0.05, 0) is 61.3 Å². The van der Waals surface area contributed by atoms with Gasteiger partial charge in [-0.1, -0.05) is 69.5 Å². The molecule has 0 amide bonds. The molecule has 1 saturated carbocycles. The molecular formula is C21H31Cl. The number of hydrogen-bond acceptors (Lipinski definition) is 0. The van der Waals surface area contributed by atoms with Gasteiger partial charge in [-0.25, -0.2) is 0 Å². The van der Waals surface area contributed by atoms with Crippen molar-refractivity contribution in [2.45, 2.75) is 72.6 Å². The van der Waals surface area contributed by atoms with Gasteiger partial charge in [-0.15, -0.1) is 0 Å². The van der Waals surface area contributed by atoms with E-state index in [-0.39, 0.29) is 5.41 Å². The fraction of sp³-hybridized carbons (Fsp3) is 0.714. The van der Waals surface area contributed by atoms with Gasteiger partial charge in [-0.3, -0.25) is 0 Å². The van der Waals surface area contributed by atoms with E-state index < -0.39 is 0 Å². The van der Waals surface area contributed by atoms with Crippen LogP contribution in [0.15, 0.2) is 34.4 Å². The molecule has 1 unspecified atom stereocenters. The maximum atomic E-state index is 6.50. The van der Waals surface area contributed by atoms with Gasteiger partial charge in [-0.2, -0.15) is 0 Å². The molecule has 0 radical (unpaired) electrons. The van der Waals surface area contributed by atoms with Crippen LogP contribution in [0.1, 0.15) is 72.6 Å². The van der Waals surface area contributed by atoms with E-state index in [0.717, 1.165) is 5.03 Å². The van der Waals surface area contributed by atoms with Gasteiger partial charge in [0.2, 0.25) is 0 Å². The van der Waals surface area contributed by atoms with Crippen LogP contribution in [0.4, 0.5) is 0 Å². The van der Waals surface area contributed by atoms with E-state index in [2.05, 4.69) is 40.3 Å². The molecule has 0 spiro atoms. The molecule has 0 N–H and O–H groups in total. The molecule has 0 bridgehead atoms. The van der Waals surface area contributed by atoms with Crippen molar-refractivity contribution in [2.24, 2.45) is 22.7 Å². The third kappa shape index (κ3) is 2.33. The standard InChI is InChI=1S/C21H31Cl/c1-14(2)16-7-9-18-17(13-16)8-10-19-20(4,15(3)22)11-6-12-21(18,19)5/h13-14,19H,3,6-12H2,1-2,4-5H3/t19?,20-,21+/m0/s1. The zero-order chi connectivity index (χ0) is 16.1. The third-order valence-corrected chi connectivity index (χ3v) is 7.53. The quantitative estimate of drug-likeness (QED) is 0.513. The summed E-state index contributed by atoms with van der Waals surface area (Å²) in [6.07, 6.45) is 11.4. The van der Waals surface area contributed by atoms with E-state index >= 15 is 0 Å². The van der Waals surface area contributed by atoms with Crippen LogP contribution in [0, 0.1) is 22.7 Å². The lowest BCUT2D eigenvalue weighted by Gasteiger charge is -2.56. The molecule has 0 saturated heterocycles. The lowest BCUT2D eigenvalue weighted by molar-refractivity contribution is 0.0275. The molecule has 1 heteroatoms. The Morgan fingerprint density at radius 3 is 2.59 bits per heavy atom. The van der Waals surface area contributed by atoms with Crippen LogP contribution in [0.2, 0.25) is 0 Å². The highest BCUT2D eigenvalue weighted by molar-refractivity contribution is 6.30. The summed E-state index contributed by atoms with van der Waals surface area (Å²) in [5.74, 6) is 1.37. The zero-order valence-corrected chi connectivity index (χ0v) is 15.5.